The van der Waals surface area contributed by atoms with Crippen molar-refractivity contribution in [3.63, 3.8) is 0 Å². The summed E-state index contributed by atoms with van der Waals surface area (Å²) in [6.07, 6.45) is 4.15. The smallest absolute Gasteiger partial charge is 0.307 e. The summed E-state index contributed by atoms with van der Waals surface area (Å²) in [4.78, 5) is 15.9. The quantitative estimate of drug-likeness (QED) is 0.616. The third-order valence-corrected chi connectivity index (χ3v) is 4.91. The number of pyridine rings is 1. The number of nitriles is 1. The van der Waals surface area contributed by atoms with Crippen molar-refractivity contribution in [2.24, 2.45) is 5.41 Å². The van der Waals surface area contributed by atoms with Crippen LogP contribution in [0.5, 0.6) is 0 Å². The van der Waals surface area contributed by atoms with Gasteiger partial charge in [0.25, 0.3) is 0 Å². The lowest BCUT2D eigenvalue weighted by atomic mass is 9.79. The number of hydrogen-bond donors (Lipinski definition) is 1. The fourth-order valence-electron chi connectivity index (χ4n) is 3.20. The molecule has 0 bridgehead atoms. The van der Waals surface area contributed by atoms with Gasteiger partial charge in [-0.3, -0.25) is 4.79 Å². The number of anilines is 1. The van der Waals surface area contributed by atoms with Gasteiger partial charge in [-0.25, -0.2) is 9.37 Å². The van der Waals surface area contributed by atoms with Crippen molar-refractivity contribution in [3.8, 4) is 6.07 Å². The predicted molar refractivity (Wildman–Crippen MR) is 89.2 cm³/mol. The van der Waals surface area contributed by atoms with Gasteiger partial charge in [0.05, 0.1) is 18.6 Å². The molecule has 1 fully saturated rings. The molecule has 130 valence electrons. The van der Waals surface area contributed by atoms with E-state index in [-0.39, 0.29) is 40.4 Å². The van der Waals surface area contributed by atoms with Crippen LogP contribution in [0.3, 0.4) is 0 Å². The second-order valence-corrected chi connectivity index (χ2v) is 6.69. The van der Waals surface area contributed by atoms with E-state index in [1.807, 2.05) is 0 Å². The largest absolute Gasteiger partial charge is 0.466 e. The number of esters is 1. The summed E-state index contributed by atoms with van der Waals surface area (Å²) in [5, 5.41) is 11.9. The third kappa shape index (κ3) is 4.15. The molecule has 0 aromatic carbocycles. The third-order valence-electron chi connectivity index (χ3n) is 4.62. The van der Waals surface area contributed by atoms with E-state index in [0.717, 1.165) is 31.7 Å². The van der Waals surface area contributed by atoms with Crippen molar-refractivity contribution >= 4 is 23.4 Å². The second kappa shape index (κ2) is 7.80. The summed E-state index contributed by atoms with van der Waals surface area (Å²) >= 11 is 5.90. The van der Waals surface area contributed by atoms with Crippen LogP contribution in [0, 0.1) is 22.6 Å². The highest BCUT2D eigenvalue weighted by atomic mass is 35.5. The maximum atomic E-state index is 14.2. The lowest BCUT2D eigenvalue weighted by molar-refractivity contribution is -0.144. The standard InChI is InChI=1S/C17H21ClFN3O2/c1-3-24-14(23)9-13(17(2)6-4-5-7-17)21-16-12(19)8-11(10-20)15(18)22-16/h8,13H,3-7,9H2,1-2H3,(H,21,22). The van der Waals surface area contributed by atoms with Crippen molar-refractivity contribution < 1.29 is 13.9 Å². The second-order valence-electron chi connectivity index (χ2n) is 6.34. The average molecular weight is 354 g/mol. The molecule has 0 aliphatic heterocycles. The van der Waals surface area contributed by atoms with E-state index < -0.39 is 5.82 Å². The number of carbonyl (C=O) groups excluding carboxylic acids is 1. The van der Waals surface area contributed by atoms with Crippen LogP contribution >= 0.6 is 11.6 Å². The van der Waals surface area contributed by atoms with Gasteiger partial charge >= 0.3 is 5.97 Å². The van der Waals surface area contributed by atoms with E-state index >= 15 is 0 Å². The minimum atomic E-state index is -0.661. The van der Waals surface area contributed by atoms with Gasteiger partial charge in [-0.1, -0.05) is 31.4 Å². The van der Waals surface area contributed by atoms with Crippen LogP contribution in [0.2, 0.25) is 5.15 Å². The van der Waals surface area contributed by atoms with Crippen LogP contribution in [0.25, 0.3) is 0 Å². The number of aromatic nitrogens is 1. The highest BCUT2D eigenvalue weighted by Gasteiger charge is 2.39. The number of rotatable bonds is 6. The average Bonchev–Trinajstić information content (AvgIpc) is 2.98. The van der Waals surface area contributed by atoms with E-state index in [4.69, 9.17) is 21.6 Å². The van der Waals surface area contributed by atoms with Gasteiger partial charge in [0.2, 0.25) is 0 Å². The molecule has 24 heavy (non-hydrogen) atoms. The summed E-state index contributed by atoms with van der Waals surface area (Å²) in [6.45, 7) is 4.14. The molecule has 1 aromatic heterocycles. The number of halogens is 2. The zero-order chi connectivity index (χ0) is 17.7. The summed E-state index contributed by atoms with van der Waals surface area (Å²) in [5.74, 6) is -1.03. The fourth-order valence-corrected chi connectivity index (χ4v) is 3.38. The number of ether oxygens (including phenoxy) is 1. The Hall–Kier alpha value is -1.87. The first kappa shape index (κ1) is 18.5. The van der Waals surface area contributed by atoms with Gasteiger partial charge in [0.15, 0.2) is 11.6 Å². The Morgan fingerprint density at radius 2 is 2.25 bits per heavy atom. The van der Waals surface area contributed by atoms with Crippen LogP contribution in [-0.2, 0) is 9.53 Å². The number of nitrogens with one attached hydrogen (secondary N) is 1. The van der Waals surface area contributed by atoms with Crippen LogP contribution in [0.15, 0.2) is 6.07 Å². The maximum absolute atomic E-state index is 14.2. The van der Waals surface area contributed by atoms with Crippen LogP contribution in [0.4, 0.5) is 10.2 Å². The van der Waals surface area contributed by atoms with E-state index in [0.29, 0.717) is 6.61 Å². The van der Waals surface area contributed by atoms with Crippen molar-refractivity contribution in [2.45, 2.75) is 52.0 Å². The van der Waals surface area contributed by atoms with Crippen LogP contribution in [-0.4, -0.2) is 23.6 Å². The van der Waals surface area contributed by atoms with Gasteiger partial charge in [-0.2, -0.15) is 5.26 Å². The molecule has 1 aromatic rings. The molecule has 0 saturated heterocycles. The van der Waals surface area contributed by atoms with Gasteiger partial charge in [0.1, 0.15) is 11.2 Å². The van der Waals surface area contributed by atoms with Gasteiger partial charge in [-0.15, -0.1) is 0 Å². The summed E-state index contributed by atoms with van der Waals surface area (Å²) in [5.41, 5.74) is -0.171. The first-order chi connectivity index (χ1) is 11.4. The number of hydrogen-bond acceptors (Lipinski definition) is 5. The van der Waals surface area contributed by atoms with Gasteiger partial charge in [-0.05, 0) is 31.2 Å². The Morgan fingerprint density at radius 3 is 2.83 bits per heavy atom. The highest BCUT2D eigenvalue weighted by Crippen LogP contribution is 2.43. The number of carbonyl (C=O) groups is 1. The van der Waals surface area contributed by atoms with E-state index in [1.165, 1.54) is 0 Å². The summed E-state index contributed by atoms with van der Waals surface area (Å²) in [6, 6.07) is 2.53. The van der Waals surface area contributed by atoms with Crippen molar-refractivity contribution in [3.05, 3.63) is 22.6 Å². The lowest BCUT2D eigenvalue weighted by Crippen LogP contribution is -2.39. The van der Waals surface area contributed by atoms with Crippen molar-refractivity contribution in [1.82, 2.24) is 4.98 Å². The maximum Gasteiger partial charge on any atom is 0.307 e. The molecule has 1 N–H and O–H groups in total. The number of nitrogens with zero attached hydrogens (tertiary/aromatic N) is 2. The van der Waals surface area contributed by atoms with Gasteiger partial charge < -0.3 is 10.1 Å². The highest BCUT2D eigenvalue weighted by molar-refractivity contribution is 6.30. The minimum Gasteiger partial charge on any atom is -0.466 e. The van der Waals surface area contributed by atoms with E-state index in [1.54, 1.807) is 13.0 Å². The molecule has 1 aliphatic carbocycles. The SMILES string of the molecule is CCOC(=O)CC(Nc1nc(Cl)c(C#N)cc1F)C1(C)CCCC1. The fraction of sp³-hybridized carbons (Fsp3) is 0.588. The molecular formula is C17H21ClFN3O2. The zero-order valence-electron chi connectivity index (χ0n) is 13.9. The molecule has 0 spiro atoms. The molecule has 1 aliphatic rings. The first-order valence-corrected chi connectivity index (χ1v) is 8.45. The normalized spacial score (nSPS) is 17.1. The topological polar surface area (TPSA) is 75.0 Å². The zero-order valence-corrected chi connectivity index (χ0v) is 14.6. The van der Waals surface area contributed by atoms with Gasteiger partial charge in [0, 0.05) is 6.04 Å². The summed E-state index contributed by atoms with van der Waals surface area (Å²) < 4.78 is 19.3. The van der Waals surface area contributed by atoms with Crippen molar-refractivity contribution in [1.29, 1.82) is 5.26 Å². The lowest BCUT2D eigenvalue weighted by Gasteiger charge is -2.34. The Labute approximate surface area is 146 Å². The van der Waals surface area contributed by atoms with E-state index in [9.17, 15) is 9.18 Å². The van der Waals surface area contributed by atoms with Crippen LogP contribution < -0.4 is 5.32 Å². The molecule has 1 heterocycles. The predicted octanol–water partition coefficient (Wildman–Crippen LogP) is 4.06. The molecule has 5 nitrogen and oxygen atoms in total. The van der Waals surface area contributed by atoms with Crippen LogP contribution in [0.1, 0.15) is 51.5 Å². The Kier molecular flexibility index (Phi) is 6.00. The first-order valence-electron chi connectivity index (χ1n) is 8.08. The Balaban J connectivity index is 2.26. The molecule has 0 amide bonds. The van der Waals surface area contributed by atoms with Crippen molar-refractivity contribution in [2.75, 3.05) is 11.9 Å². The molecule has 0 radical (unpaired) electrons. The Bertz CT molecular complexity index is 654. The Morgan fingerprint density at radius 1 is 1.58 bits per heavy atom. The van der Waals surface area contributed by atoms with E-state index in [2.05, 4.69) is 17.2 Å². The molecule has 2 rings (SSSR count). The monoisotopic (exact) mass is 353 g/mol. The molecule has 7 heteroatoms. The molecule has 1 atom stereocenters. The minimum absolute atomic E-state index is 0.0197. The molecule has 1 unspecified atom stereocenters. The molecule has 1 saturated carbocycles. The summed E-state index contributed by atoms with van der Waals surface area (Å²) in [7, 11) is 0. The molecular weight excluding hydrogens is 333 g/mol.